The summed E-state index contributed by atoms with van der Waals surface area (Å²) in [5.41, 5.74) is 0. The van der Waals surface area contributed by atoms with Gasteiger partial charge in [-0.1, -0.05) is 32.0 Å². The number of carbonyl (C=O) groups is 1. The van der Waals surface area contributed by atoms with Crippen molar-refractivity contribution in [3.8, 4) is 0 Å². The van der Waals surface area contributed by atoms with E-state index in [1.54, 1.807) is 30.3 Å². The van der Waals surface area contributed by atoms with Gasteiger partial charge in [0.25, 0.3) is 0 Å². The van der Waals surface area contributed by atoms with Crippen LogP contribution in [-0.4, -0.2) is 20.5 Å². The molecule has 1 rings (SSSR count). The van der Waals surface area contributed by atoms with Crippen LogP contribution in [0.4, 0.5) is 0 Å². The van der Waals surface area contributed by atoms with E-state index < -0.39 is 15.8 Å². The van der Waals surface area contributed by atoms with E-state index in [2.05, 4.69) is 0 Å². The molecule has 0 saturated heterocycles. The van der Waals surface area contributed by atoms with Gasteiger partial charge in [-0.05, 0) is 18.1 Å². The maximum Gasteiger partial charge on any atom is 0.179 e. The third kappa shape index (κ3) is 3.17. The molecule has 0 aromatic heterocycles. The first-order valence-corrected chi connectivity index (χ1v) is 6.85. The van der Waals surface area contributed by atoms with Gasteiger partial charge < -0.3 is 4.79 Å². The molecule has 1 aromatic carbocycles. The summed E-state index contributed by atoms with van der Waals surface area (Å²) in [6, 6.07) is 8.23. The second-order valence-corrected chi connectivity index (χ2v) is 6.17. The van der Waals surface area contributed by atoms with Gasteiger partial charge in [0.05, 0.1) is 10.6 Å². The molecule has 88 valence electrons. The van der Waals surface area contributed by atoms with Gasteiger partial charge in [0, 0.05) is 5.92 Å². The second kappa shape index (κ2) is 5.25. The Morgan fingerprint density at radius 3 is 2.19 bits per heavy atom. The van der Waals surface area contributed by atoms with Gasteiger partial charge in [-0.3, -0.25) is 0 Å². The number of hydrogen-bond acceptors (Lipinski definition) is 3. The first kappa shape index (κ1) is 12.9. The molecule has 0 unspecified atom stereocenters. The summed E-state index contributed by atoms with van der Waals surface area (Å²) in [4.78, 5) is 11.1. The molecule has 0 N–H and O–H groups in total. The minimum absolute atomic E-state index is 0.0380. The van der Waals surface area contributed by atoms with E-state index in [4.69, 9.17) is 0 Å². The normalized spacial score (nSPS) is 13.7. The van der Waals surface area contributed by atoms with E-state index in [0.29, 0.717) is 0 Å². The molecule has 0 aliphatic carbocycles. The molecular formula is C12H16O3S. The zero-order chi connectivity index (χ0) is 12.2. The lowest BCUT2D eigenvalue weighted by Crippen LogP contribution is -2.22. The summed E-state index contributed by atoms with van der Waals surface area (Å²) >= 11 is 0. The van der Waals surface area contributed by atoms with Gasteiger partial charge >= 0.3 is 0 Å². The van der Waals surface area contributed by atoms with Gasteiger partial charge in [-0.2, -0.15) is 0 Å². The zero-order valence-electron chi connectivity index (χ0n) is 9.46. The van der Waals surface area contributed by atoms with E-state index in [9.17, 15) is 13.2 Å². The SMILES string of the molecule is CC(C)[C@@H](C=O)CS(=O)(=O)c1ccccc1. The van der Waals surface area contributed by atoms with Crippen LogP contribution in [0.2, 0.25) is 0 Å². The van der Waals surface area contributed by atoms with Crippen molar-refractivity contribution in [2.24, 2.45) is 11.8 Å². The molecule has 0 bridgehead atoms. The molecule has 1 atom stereocenters. The molecule has 4 heteroatoms. The van der Waals surface area contributed by atoms with Crippen molar-refractivity contribution in [1.29, 1.82) is 0 Å². The average molecular weight is 240 g/mol. The van der Waals surface area contributed by atoms with Crippen molar-refractivity contribution in [1.82, 2.24) is 0 Å². The predicted octanol–water partition coefficient (Wildman–Crippen LogP) is 1.93. The highest BCUT2D eigenvalue weighted by molar-refractivity contribution is 7.91. The fourth-order valence-electron chi connectivity index (χ4n) is 1.37. The highest BCUT2D eigenvalue weighted by atomic mass is 32.2. The Morgan fingerprint density at radius 2 is 1.75 bits per heavy atom. The van der Waals surface area contributed by atoms with Crippen LogP contribution in [0.1, 0.15) is 13.8 Å². The van der Waals surface area contributed by atoms with E-state index in [1.807, 2.05) is 13.8 Å². The van der Waals surface area contributed by atoms with Crippen molar-refractivity contribution < 1.29 is 13.2 Å². The van der Waals surface area contributed by atoms with Crippen LogP contribution in [0.25, 0.3) is 0 Å². The van der Waals surface area contributed by atoms with Gasteiger partial charge in [0.1, 0.15) is 6.29 Å². The van der Waals surface area contributed by atoms with Crippen molar-refractivity contribution >= 4 is 16.1 Å². The van der Waals surface area contributed by atoms with E-state index >= 15 is 0 Å². The molecule has 3 nitrogen and oxygen atoms in total. The monoisotopic (exact) mass is 240 g/mol. The Kier molecular flexibility index (Phi) is 4.24. The average Bonchev–Trinajstić information content (AvgIpc) is 2.27. The third-order valence-corrected chi connectivity index (χ3v) is 4.36. The Bertz CT molecular complexity index is 435. The van der Waals surface area contributed by atoms with Crippen LogP contribution >= 0.6 is 0 Å². The van der Waals surface area contributed by atoms with Crippen LogP contribution in [0.5, 0.6) is 0 Å². The summed E-state index contributed by atoms with van der Waals surface area (Å²) in [5, 5.41) is 0. The Hall–Kier alpha value is -1.16. The molecule has 16 heavy (non-hydrogen) atoms. The molecule has 0 fully saturated rings. The lowest BCUT2D eigenvalue weighted by atomic mass is 10.0. The number of rotatable bonds is 5. The summed E-state index contributed by atoms with van der Waals surface area (Å²) in [5.74, 6) is -0.515. The Morgan fingerprint density at radius 1 is 1.19 bits per heavy atom. The smallest absolute Gasteiger partial charge is 0.179 e. The first-order valence-electron chi connectivity index (χ1n) is 5.20. The lowest BCUT2D eigenvalue weighted by Gasteiger charge is -2.14. The van der Waals surface area contributed by atoms with Crippen LogP contribution < -0.4 is 0 Å². The number of aldehydes is 1. The number of benzene rings is 1. The molecule has 0 spiro atoms. The summed E-state index contributed by atoms with van der Waals surface area (Å²) in [6.45, 7) is 3.69. The molecule has 0 aliphatic rings. The Balaban J connectivity index is 2.92. The Labute approximate surface area is 96.4 Å². The van der Waals surface area contributed by atoms with E-state index in [1.165, 1.54) is 0 Å². The van der Waals surface area contributed by atoms with Crippen molar-refractivity contribution in [2.75, 3.05) is 5.75 Å². The second-order valence-electron chi connectivity index (χ2n) is 4.14. The minimum atomic E-state index is -3.35. The van der Waals surface area contributed by atoms with E-state index in [0.717, 1.165) is 6.29 Å². The maximum atomic E-state index is 11.9. The summed E-state index contributed by atoms with van der Waals surface area (Å²) in [7, 11) is -3.35. The third-order valence-electron chi connectivity index (χ3n) is 2.55. The molecule has 0 aliphatic heterocycles. The quantitative estimate of drug-likeness (QED) is 0.739. The standard InChI is InChI=1S/C12H16O3S/c1-10(2)11(8-13)9-16(14,15)12-6-4-3-5-7-12/h3-8,10-11H,9H2,1-2H3/t11-/m0/s1. The molecule has 0 amide bonds. The van der Waals surface area contributed by atoms with Crippen molar-refractivity contribution in [3.63, 3.8) is 0 Å². The zero-order valence-corrected chi connectivity index (χ0v) is 10.3. The number of sulfone groups is 1. The van der Waals surface area contributed by atoms with Gasteiger partial charge in [-0.15, -0.1) is 0 Å². The van der Waals surface area contributed by atoms with Crippen molar-refractivity contribution in [3.05, 3.63) is 30.3 Å². The topological polar surface area (TPSA) is 51.2 Å². The van der Waals surface area contributed by atoms with Crippen LogP contribution in [0.15, 0.2) is 35.2 Å². The number of carbonyl (C=O) groups excluding carboxylic acids is 1. The minimum Gasteiger partial charge on any atom is -0.303 e. The van der Waals surface area contributed by atoms with Crippen LogP contribution in [0.3, 0.4) is 0 Å². The molecule has 1 aromatic rings. The lowest BCUT2D eigenvalue weighted by molar-refractivity contribution is -0.111. The van der Waals surface area contributed by atoms with Gasteiger partial charge in [0.2, 0.25) is 0 Å². The molecule has 0 heterocycles. The van der Waals surface area contributed by atoms with Gasteiger partial charge in [0.15, 0.2) is 9.84 Å². The molecule has 0 radical (unpaired) electrons. The van der Waals surface area contributed by atoms with E-state index in [-0.39, 0.29) is 16.6 Å². The predicted molar refractivity (Wildman–Crippen MR) is 62.9 cm³/mol. The van der Waals surface area contributed by atoms with Gasteiger partial charge in [-0.25, -0.2) is 8.42 Å². The molecular weight excluding hydrogens is 224 g/mol. The fourth-order valence-corrected chi connectivity index (χ4v) is 3.10. The van der Waals surface area contributed by atoms with Crippen molar-refractivity contribution in [2.45, 2.75) is 18.7 Å². The highest BCUT2D eigenvalue weighted by Gasteiger charge is 2.22. The molecule has 0 saturated carbocycles. The fraction of sp³-hybridized carbons (Fsp3) is 0.417. The summed E-state index contributed by atoms with van der Waals surface area (Å²) in [6.07, 6.45) is 0.727. The first-order chi connectivity index (χ1) is 7.47. The van der Waals surface area contributed by atoms with Crippen LogP contribution in [0, 0.1) is 11.8 Å². The number of hydrogen-bond donors (Lipinski definition) is 0. The largest absolute Gasteiger partial charge is 0.303 e. The maximum absolute atomic E-state index is 11.9. The van der Waals surface area contributed by atoms with Crippen LogP contribution in [-0.2, 0) is 14.6 Å². The highest BCUT2D eigenvalue weighted by Crippen LogP contribution is 2.17. The summed E-state index contributed by atoms with van der Waals surface area (Å²) < 4.78 is 23.9.